The largest absolute Gasteiger partial charge is 0.419 e. The second-order valence-electron chi connectivity index (χ2n) is 4.34. The first kappa shape index (κ1) is 15.4. The lowest BCUT2D eigenvalue weighted by atomic mass is 9.99. The third-order valence-electron chi connectivity index (χ3n) is 2.81. The molecule has 1 atom stereocenters. The molecule has 0 amide bonds. The predicted molar refractivity (Wildman–Crippen MR) is 61.8 cm³/mol. The van der Waals surface area contributed by atoms with E-state index in [-0.39, 0.29) is 11.1 Å². The molecule has 112 valence electrons. The molecule has 0 spiro atoms. The molecule has 0 saturated carbocycles. The highest BCUT2D eigenvalue weighted by atomic mass is 19.4. The van der Waals surface area contributed by atoms with E-state index in [2.05, 4.69) is 0 Å². The Morgan fingerprint density at radius 1 is 0.810 bits per heavy atom. The average molecular weight is 306 g/mol. The van der Waals surface area contributed by atoms with Crippen LogP contribution in [0, 0.1) is 17.5 Å². The molecule has 0 aromatic heterocycles. The van der Waals surface area contributed by atoms with Crippen molar-refractivity contribution in [3.05, 3.63) is 70.5 Å². The van der Waals surface area contributed by atoms with Crippen molar-refractivity contribution in [3.8, 4) is 0 Å². The molecule has 7 heteroatoms. The molecule has 0 aliphatic rings. The second-order valence-corrected chi connectivity index (χ2v) is 4.34. The summed E-state index contributed by atoms with van der Waals surface area (Å²) < 4.78 is 76.7. The van der Waals surface area contributed by atoms with Gasteiger partial charge in [0.15, 0.2) is 0 Å². The van der Waals surface area contributed by atoms with Gasteiger partial charge in [-0.25, -0.2) is 13.2 Å². The molecule has 0 bridgehead atoms. The van der Waals surface area contributed by atoms with Gasteiger partial charge < -0.3 is 5.11 Å². The lowest BCUT2D eigenvalue weighted by Gasteiger charge is -2.14. The molecule has 2 aromatic rings. The third-order valence-corrected chi connectivity index (χ3v) is 2.81. The van der Waals surface area contributed by atoms with Crippen molar-refractivity contribution in [2.45, 2.75) is 12.3 Å². The van der Waals surface area contributed by atoms with Gasteiger partial charge in [0, 0.05) is 6.07 Å². The highest BCUT2D eigenvalue weighted by Gasteiger charge is 2.34. The molecule has 1 unspecified atom stereocenters. The molecule has 1 N–H and O–H groups in total. The summed E-state index contributed by atoms with van der Waals surface area (Å²) in [7, 11) is 0. The minimum atomic E-state index is -4.86. The van der Waals surface area contributed by atoms with Crippen LogP contribution in [-0.4, -0.2) is 5.11 Å². The minimum absolute atomic E-state index is 0.230. The fourth-order valence-electron chi connectivity index (χ4n) is 1.86. The van der Waals surface area contributed by atoms with Gasteiger partial charge in [0.05, 0.1) is 5.56 Å². The summed E-state index contributed by atoms with van der Waals surface area (Å²) in [4.78, 5) is 0. The van der Waals surface area contributed by atoms with Crippen LogP contribution in [0.2, 0.25) is 0 Å². The van der Waals surface area contributed by atoms with Gasteiger partial charge in [0.1, 0.15) is 23.6 Å². The molecule has 0 aliphatic carbocycles. The van der Waals surface area contributed by atoms with Gasteiger partial charge in [-0.05, 0) is 35.4 Å². The number of aliphatic hydroxyl groups excluding tert-OH is 1. The zero-order chi connectivity index (χ0) is 15.8. The maximum absolute atomic E-state index is 13.4. The van der Waals surface area contributed by atoms with Crippen LogP contribution in [-0.2, 0) is 6.18 Å². The number of halogens is 6. The molecule has 0 radical (unpaired) electrons. The van der Waals surface area contributed by atoms with Crippen LogP contribution in [0.4, 0.5) is 26.3 Å². The standard InChI is InChI=1S/C14H8F6O/c15-9-3-8(4-10(16)6-9)13(21)7-1-2-11(12(17)5-7)14(18,19)20/h1-6,13,21H. The van der Waals surface area contributed by atoms with E-state index in [9.17, 15) is 31.4 Å². The number of hydrogen-bond acceptors (Lipinski definition) is 1. The van der Waals surface area contributed by atoms with Crippen LogP contribution in [0.3, 0.4) is 0 Å². The summed E-state index contributed by atoms with van der Waals surface area (Å²) in [6, 6.07) is 3.98. The Morgan fingerprint density at radius 2 is 1.38 bits per heavy atom. The van der Waals surface area contributed by atoms with Gasteiger partial charge in [-0.3, -0.25) is 0 Å². The lowest BCUT2D eigenvalue weighted by Crippen LogP contribution is -2.09. The Balaban J connectivity index is 2.40. The topological polar surface area (TPSA) is 20.2 Å². The summed E-state index contributed by atoms with van der Waals surface area (Å²) >= 11 is 0. The van der Waals surface area contributed by atoms with Crippen molar-refractivity contribution in [1.82, 2.24) is 0 Å². The van der Waals surface area contributed by atoms with E-state index in [1.165, 1.54) is 0 Å². The smallest absolute Gasteiger partial charge is 0.384 e. The van der Waals surface area contributed by atoms with E-state index in [0.29, 0.717) is 18.2 Å². The molecular formula is C14H8F6O. The van der Waals surface area contributed by atoms with E-state index in [1.54, 1.807) is 0 Å². The van der Waals surface area contributed by atoms with Gasteiger partial charge in [0.2, 0.25) is 0 Å². The van der Waals surface area contributed by atoms with Crippen molar-refractivity contribution in [3.63, 3.8) is 0 Å². The summed E-state index contributed by atoms with van der Waals surface area (Å²) in [6.07, 6.45) is -6.51. The molecule has 0 heterocycles. The number of benzene rings is 2. The maximum Gasteiger partial charge on any atom is 0.419 e. The van der Waals surface area contributed by atoms with Gasteiger partial charge in [-0.15, -0.1) is 0 Å². The third kappa shape index (κ3) is 3.36. The number of alkyl halides is 3. The molecule has 1 nitrogen and oxygen atoms in total. The summed E-state index contributed by atoms with van der Waals surface area (Å²) in [5.41, 5.74) is -1.96. The molecule has 2 rings (SSSR count). The fourth-order valence-corrected chi connectivity index (χ4v) is 1.86. The fraction of sp³-hybridized carbons (Fsp3) is 0.143. The van der Waals surface area contributed by atoms with Crippen LogP contribution in [0.5, 0.6) is 0 Å². The first-order valence-corrected chi connectivity index (χ1v) is 5.69. The van der Waals surface area contributed by atoms with Crippen molar-refractivity contribution in [2.24, 2.45) is 0 Å². The average Bonchev–Trinajstić information content (AvgIpc) is 2.35. The SMILES string of the molecule is OC(c1cc(F)cc(F)c1)c1ccc(C(F)(F)F)c(F)c1. The Labute approximate surface area is 115 Å². The Hall–Kier alpha value is -2.02. The van der Waals surface area contributed by atoms with Gasteiger partial charge in [0.25, 0.3) is 0 Å². The normalized spacial score (nSPS) is 13.3. The zero-order valence-corrected chi connectivity index (χ0v) is 10.3. The van der Waals surface area contributed by atoms with Crippen LogP contribution in [0.15, 0.2) is 36.4 Å². The van der Waals surface area contributed by atoms with Crippen molar-refractivity contribution in [2.75, 3.05) is 0 Å². The highest BCUT2D eigenvalue weighted by molar-refractivity contribution is 5.34. The molecule has 0 aliphatic heterocycles. The summed E-state index contributed by atoms with van der Waals surface area (Å²) in [5, 5.41) is 9.88. The first-order chi connectivity index (χ1) is 9.68. The maximum atomic E-state index is 13.4. The highest BCUT2D eigenvalue weighted by Crippen LogP contribution is 2.33. The van der Waals surface area contributed by atoms with E-state index in [0.717, 1.165) is 18.2 Å². The predicted octanol–water partition coefficient (Wildman–Crippen LogP) is 4.20. The van der Waals surface area contributed by atoms with E-state index >= 15 is 0 Å². The van der Waals surface area contributed by atoms with Crippen molar-refractivity contribution in [1.29, 1.82) is 0 Å². The zero-order valence-electron chi connectivity index (χ0n) is 10.3. The molecular weight excluding hydrogens is 298 g/mol. The van der Waals surface area contributed by atoms with Crippen LogP contribution in [0.1, 0.15) is 22.8 Å². The van der Waals surface area contributed by atoms with Crippen molar-refractivity contribution >= 4 is 0 Å². The lowest BCUT2D eigenvalue weighted by molar-refractivity contribution is -0.140. The monoisotopic (exact) mass is 306 g/mol. The number of aliphatic hydroxyl groups is 1. The second kappa shape index (κ2) is 5.40. The summed E-state index contributed by atoms with van der Waals surface area (Å²) in [6.45, 7) is 0. The summed E-state index contributed by atoms with van der Waals surface area (Å²) in [5.74, 6) is -3.50. The van der Waals surface area contributed by atoms with Gasteiger partial charge >= 0.3 is 6.18 Å². The molecule has 21 heavy (non-hydrogen) atoms. The number of rotatable bonds is 2. The van der Waals surface area contributed by atoms with E-state index in [1.807, 2.05) is 0 Å². The first-order valence-electron chi connectivity index (χ1n) is 5.69. The van der Waals surface area contributed by atoms with Crippen LogP contribution in [0.25, 0.3) is 0 Å². The Kier molecular flexibility index (Phi) is 3.95. The Morgan fingerprint density at radius 3 is 1.86 bits per heavy atom. The Bertz CT molecular complexity index is 645. The minimum Gasteiger partial charge on any atom is -0.384 e. The quantitative estimate of drug-likeness (QED) is 0.824. The van der Waals surface area contributed by atoms with E-state index < -0.39 is 35.3 Å². The number of hydrogen-bond donors (Lipinski definition) is 1. The molecule has 2 aromatic carbocycles. The van der Waals surface area contributed by atoms with Crippen LogP contribution >= 0.6 is 0 Å². The van der Waals surface area contributed by atoms with Crippen LogP contribution < -0.4 is 0 Å². The van der Waals surface area contributed by atoms with Gasteiger partial charge in [-0.1, -0.05) is 6.07 Å². The van der Waals surface area contributed by atoms with Gasteiger partial charge in [-0.2, -0.15) is 13.2 Å². The molecule has 0 saturated heterocycles. The molecule has 0 fully saturated rings. The van der Waals surface area contributed by atoms with E-state index in [4.69, 9.17) is 0 Å². The van der Waals surface area contributed by atoms with Crippen molar-refractivity contribution < 1.29 is 31.4 Å².